The quantitative estimate of drug-likeness (QED) is 0.585. The van der Waals surface area contributed by atoms with E-state index in [-0.39, 0.29) is 0 Å². The van der Waals surface area contributed by atoms with Crippen molar-refractivity contribution in [2.45, 2.75) is 19.3 Å². The molecule has 0 aromatic heterocycles. The third-order valence-electron chi connectivity index (χ3n) is 2.95. The molecule has 3 rings (SSSR count). The van der Waals surface area contributed by atoms with E-state index in [9.17, 15) is 0 Å². The minimum absolute atomic E-state index is 0.818. The Labute approximate surface area is 76.5 Å². The maximum atomic E-state index is 3.35. The molecule has 0 aromatic rings. The zero-order valence-electron chi connectivity index (χ0n) is 6.54. The van der Waals surface area contributed by atoms with E-state index in [1.807, 2.05) is 4.99 Å². The van der Waals surface area contributed by atoms with Crippen molar-refractivity contribution in [1.29, 1.82) is 0 Å². The zero-order valence-corrected chi connectivity index (χ0v) is 8.13. The summed E-state index contributed by atoms with van der Waals surface area (Å²) in [5.41, 5.74) is 0. The molecule has 0 radical (unpaired) electrons. The predicted molar refractivity (Wildman–Crippen MR) is 51.5 cm³/mol. The Balaban J connectivity index is 2.11. The van der Waals surface area contributed by atoms with Gasteiger partial charge in [-0.2, -0.15) is 0 Å². The van der Waals surface area contributed by atoms with E-state index in [0.29, 0.717) is 0 Å². The first-order valence-corrected chi connectivity index (χ1v) is 5.27. The minimum Gasteiger partial charge on any atom is -0.0851 e. The Morgan fingerprint density at radius 1 is 1.27 bits per heavy atom. The largest absolute Gasteiger partial charge is 0.0851 e. The maximum absolute atomic E-state index is 3.35. The smallest absolute Gasteiger partial charge is 0.0157 e. The summed E-state index contributed by atoms with van der Waals surface area (Å²) < 4.78 is 0. The molecule has 0 nitrogen and oxygen atoms in total. The highest BCUT2D eigenvalue weighted by atomic mass is 79.9. The van der Waals surface area contributed by atoms with Gasteiger partial charge in [0, 0.05) is 0 Å². The van der Waals surface area contributed by atoms with Gasteiger partial charge in [0.1, 0.15) is 0 Å². The first kappa shape index (κ1) is 7.60. The molecule has 2 bridgehead atoms. The molecule has 3 atom stereocenters. The van der Waals surface area contributed by atoms with Crippen LogP contribution in [0.3, 0.4) is 0 Å². The lowest BCUT2D eigenvalue weighted by atomic mass is 9.69. The molecule has 0 heterocycles. The van der Waals surface area contributed by atoms with Gasteiger partial charge in [0.2, 0.25) is 0 Å². The standard InChI is InChI=1S/C10H13Br/c11-6-5-10-7-8-1-3-9(10)4-2-8/h1,3,5-6,8-10H,2,4,7H2/b6-5-. The van der Waals surface area contributed by atoms with Crippen LogP contribution >= 0.6 is 15.9 Å². The molecule has 0 spiro atoms. The molecule has 11 heavy (non-hydrogen) atoms. The van der Waals surface area contributed by atoms with Gasteiger partial charge >= 0.3 is 0 Å². The van der Waals surface area contributed by atoms with E-state index in [4.69, 9.17) is 0 Å². The van der Waals surface area contributed by atoms with Crippen molar-refractivity contribution in [3.8, 4) is 0 Å². The van der Waals surface area contributed by atoms with Gasteiger partial charge in [-0.25, -0.2) is 0 Å². The number of hydrogen-bond acceptors (Lipinski definition) is 0. The average Bonchev–Trinajstić information content (AvgIpc) is 2.07. The molecular weight excluding hydrogens is 200 g/mol. The van der Waals surface area contributed by atoms with Crippen molar-refractivity contribution in [3.05, 3.63) is 23.2 Å². The zero-order chi connectivity index (χ0) is 7.68. The van der Waals surface area contributed by atoms with Gasteiger partial charge < -0.3 is 0 Å². The molecule has 1 saturated carbocycles. The van der Waals surface area contributed by atoms with E-state index in [1.165, 1.54) is 19.3 Å². The normalized spacial score (nSPS) is 42.1. The monoisotopic (exact) mass is 212 g/mol. The Kier molecular flexibility index (Phi) is 2.17. The number of halogens is 1. The molecule has 1 fully saturated rings. The van der Waals surface area contributed by atoms with Crippen LogP contribution in [0.1, 0.15) is 19.3 Å². The summed E-state index contributed by atoms with van der Waals surface area (Å²) in [6.07, 6.45) is 11.3. The summed E-state index contributed by atoms with van der Waals surface area (Å²) in [5, 5.41) is 0. The third kappa shape index (κ3) is 1.44. The molecule has 0 saturated heterocycles. The van der Waals surface area contributed by atoms with Crippen LogP contribution in [0.2, 0.25) is 0 Å². The first-order valence-electron chi connectivity index (χ1n) is 4.35. The Morgan fingerprint density at radius 2 is 2.18 bits per heavy atom. The second kappa shape index (κ2) is 3.14. The minimum atomic E-state index is 0.818. The van der Waals surface area contributed by atoms with Gasteiger partial charge in [0.15, 0.2) is 0 Å². The van der Waals surface area contributed by atoms with Crippen molar-refractivity contribution in [1.82, 2.24) is 0 Å². The van der Waals surface area contributed by atoms with Gasteiger partial charge in [-0.05, 0) is 42.0 Å². The van der Waals surface area contributed by atoms with Crippen molar-refractivity contribution in [3.63, 3.8) is 0 Å². The lowest BCUT2D eigenvalue weighted by molar-refractivity contribution is 0.263. The highest BCUT2D eigenvalue weighted by Crippen LogP contribution is 2.40. The number of fused-ring (bicyclic) bond motifs is 2. The van der Waals surface area contributed by atoms with Gasteiger partial charge in [-0.3, -0.25) is 0 Å². The summed E-state index contributed by atoms with van der Waals surface area (Å²) in [4.78, 5) is 2.02. The van der Waals surface area contributed by atoms with E-state index >= 15 is 0 Å². The summed E-state index contributed by atoms with van der Waals surface area (Å²) in [7, 11) is 0. The number of hydrogen-bond donors (Lipinski definition) is 0. The Morgan fingerprint density at radius 3 is 2.64 bits per heavy atom. The SMILES string of the molecule is Br/C=C\C1CC2C=CC1CC2. The van der Waals surface area contributed by atoms with Gasteiger partial charge in [-0.15, -0.1) is 0 Å². The number of rotatable bonds is 1. The second-order valence-corrected chi connectivity index (χ2v) is 4.13. The van der Waals surface area contributed by atoms with Crippen LogP contribution in [0, 0.1) is 17.8 Å². The molecule has 0 aliphatic heterocycles. The number of allylic oxidation sites excluding steroid dienone is 3. The Bertz CT molecular complexity index is 193. The molecule has 3 unspecified atom stereocenters. The van der Waals surface area contributed by atoms with Gasteiger partial charge in [0.05, 0.1) is 0 Å². The third-order valence-corrected chi connectivity index (χ3v) is 3.25. The molecule has 1 heteroatoms. The van der Waals surface area contributed by atoms with Gasteiger partial charge in [0.25, 0.3) is 0 Å². The fraction of sp³-hybridized carbons (Fsp3) is 0.600. The van der Waals surface area contributed by atoms with Crippen molar-refractivity contribution < 1.29 is 0 Å². The lowest BCUT2D eigenvalue weighted by Crippen LogP contribution is -2.25. The molecule has 3 aliphatic carbocycles. The van der Waals surface area contributed by atoms with E-state index in [0.717, 1.165) is 17.8 Å². The first-order chi connectivity index (χ1) is 5.40. The fourth-order valence-electron chi connectivity index (χ4n) is 2.29. The van der Waals surface area contributed by atoms with Crippen LogP contribution < -0.4 is 0 Å². The highest BCUT2D eigenvalue weighted by molar-refractivity contribution is 9.11. The Hall–Kier alpha value is -0.0400. The molecular formula is C10H13Br. The molecule has 3 aliphatic rings. The van der Waals surface area contributed by atoms with E-state index < -0.39 is 0 Å². The van der Waals surface area contributed by atoms with Crippen LogP contribution in [0.5, 0.6) is 0 Å². The fourth-order valence-corrected chi connectivity index (χ4v) is 2.68. The van der Waals surface area contributed by atoms with Crippen molar-refractivity contribution in [2.24, 2.45) is 17.8 Å². The van der Waals surface area contributed by atoms with Crippen LogP contribution in [0.25, 0.3) is 0 Å². The van der Waals surface area contributed by atoms with Crippen LogP contribution in [-0.4, -0.2) is 0 Å². The lowest BCUT2D eigenvalue weighted by Gasteiger charge is -2.36. The van der Waals surface area contributed by atoms with Gasteiger partial charge in [-0.1, -0.05) is 34.2 Å². The second-order valence-electron chi connectivity index (χ2n) is 3.60. The summed E-state index contributed by atoms with van der Waals surface area (Å²) in [6.45, 7) is 0. The topological polar surface area (TPSA) is 0 Å². The molecule has 0 amide bonds. The summed E-state index contributed by atoms with van der Waals surface area (Å²) in [5.74, 6) is 2.54. The molecule has 0 aromatic carbocycles. The summed E-state index contributed by atoms with van der Waals surface area (Å²) in [6, 6.07) is 0. The van der Waals surface area contributed by atoms with Crippen LogP contribution in [0.15, 0.2) is 23.2 Å². The maximum Gasteiger partial charge on any atom is -0.0157 e. The summed E-state index contributed by atoms with van der Waals surface area (Å²) >= 11 is 3.35. The van der Waals surface area contributed by atoms with Crippen LogP contribution in [-0.2, 0) is 0 Å². The van der Waals surface area contributed by atoms with Crippen LogP contribution in [0.4, 0.5) is 0 Å². The highest BCUT2D eigenvalue weighted by Gasteiger charge is 2.29. The molecule has 60 valence electrons. The van der Waals surface area contributed by atoms with E-state index in [1.54, 1.807) is 0 Å². The van der Waals surface area contributed by atoms with Crippen molar-refractivity contribution in [2.75, 3.05) is 0 Å². The van der Waals surface area contributed by atoms with Crippen molar-refractivity contribution >= 4 is 15.9 Å². The van der Waals surface area contributed by atoms with E-state index in [2.05, 4.69) is 34.2 Å². The molecule has 0 N–H and O–H groups in total. The predicted octanol–water partition coefficient (Wildman–Crippen LogP) is 3.50. The average molecular weight is 213 g/mol.